The Bertz CT molecular complexity index is 1460. The molecule has 1 aliphatic rings. The number of aliphatic hydroxyl groups excluding tert-OH is 1. The molecule has 0 radical (unpaired) electrons. The van der Waals surface area contributed by atoms with Crippen molar-refractivity contribution >= 4 is 29.5 Å². The summed E-state index contributed by atoms with van der Waals surface area (Å²) in [6.07, 6.45) is 0.0286. The van der Waals surface area contributed by atoms with E-state index >= 15 is 0 Å². The molecule has 0 aliphatic carbocycles. The number of rotatable bonds is 8. The number of carbonyl (C=O) groups is 4. The molecule has 0 unspecified atom stereocenters. The quantitative estimate of drug-likeness (QED) is 0.325. The van der Waals surface area contributed by atoms with Gasteiger partial charge < -0.3 is 31.1 Å². The highest BCUT2D eigenvalue weighted by molar-refractivity contribution is 6.01. The third kappa shape index (κ3) is 7.32. The number of carbonyl (C=O) groups excluding carboxylic acids is 4. The van der Waals surface area contributed by atoms with Gasteiger partial charge in [-0.05, 0) is 68.0 Å². The fraction of sp³-hybridized carbons (Fsp3) is 0.312. The molecule has 0 bridgehead atoms. The first-order valence-corrected chi connectivity index (χ1v) is 13.7. The van der Waals surface area contributed by atoms with Crippen LogP contribution >= 0.6 is 0 Å². The molecule has 220 valence electrons. The number of alkyl carbamates (subject to hydrolysis) is 1. The maximum atomic E-state index is 13.9. The molecule has 0 saturated carbocycles. The van der Waals surface area contributed by atoms with Gasteiger partial charge in [-0.15, -0.1) is 0 Å². The van der Waals surface area contributed by atoms with Crippen molar-refractivity contribution in [3.8, 4) is 11.1 Å². The van der Waals surface area contributed by atoms with Crippen LogP contribution in [0, 0.1) is 0 Å². The van der Waals surface area contributed by atoms with Gasteiger partial charge in [0.25, 0.3) is 0 Å². The molecule has 4 rings (SSSR count). The normalized spacial score (nSPS) is 15.7. The summed E-state index contributed by atoms with van der Waals surface area (Å²) in [6, 6.07) is 20.0. The number of primary amides is 1. The van der Waals surface area contributed by atoms with E-state index in [1.165, 1.54) is 0 Å². The van der Waals surface area contributed by atoms with Crippen LogP contribution in [0.4, 0.5) is 10.5 Å². The number of nitrogens with one attached hydrogen (secondary N) is 2. The first-order chi connectivity index (χ1) is 20.0. The highest BCUT2D eigenvalue weighted by Crippen LogP contribution is 2.30. The van der Waals surface area contributed by atoms with Gasteiger partial charge in [-0.2, -0.15) is 0 Å². The van der Waals surface area contributed by atoms with E-state index in [2.05, 4.69) is 10.6 Å². The minimum atomic E-state index is -1.29. The molecule has 1 heterocycles. The molecule has 5 N–H and O–H groups in total. The van der Waals surface area contributed by atoms with E-state index in [9.17, 15) is 24.3 Å². The largest absolute Gasteiger partial charge is 0.444 e. The Labute approximate surface area is 244 Å². The summed E-state index contributed by atoms with van der Waals surface area (Å²) in [5.41, 5.74) is 9.26. The molecule has 4 amide bonds. The summed E-state index contributed by atoms with van der Waals surface area (Å²) in [5, 5.41) is 14.9. The minimum Gasteiger partial charge on any atom is -0.444 e. The number of nitrogens with zero attached hydrogens (tertiary/aromatic N) is 1. The smallest absolute Gasteiger partial charge is 0.408 e. The number of para-hydroxylation sites is 1. The lowest BCUT2D eigenvalue weighted by Gasteiger charge is -2.28. The van der Waals surface area contributed by atoms with Gasteiger partial charge in [0.15, 0.2) is 0 Å². The van der Waals surface area contributed by atoms with Gasteiger partial charge in [0.1, 0.15) is 17.7 Å². The van der Waals surface area contributed by atoms with Crippen LogP contribution in [0.15, 0.2) is 72.8 Å². The van der Waals surface area contributed by atoms with Crippen molar-refractivity contribution in [2.45, 2.75) is 57.8 Å². The molecule has 2 atom stereocenters. The van der Waals surface area contributed by atoms with Gasteiger partial charge in [0.2, 0.25) is 17.7 Å². The summed E-state index contributed by atoms with van der Waals surface area (Å²) in [5.74, 6) is -1.52. The molecule has 0 fully saturated rings. The highest BCUT2D eigenvalue weighted by atomic mass is 16.6. The van der Waals surface area contributed by atoms with Crippen LogP contribution in [0.1, 0.15) is 48.7 Å². The van der Waals surface area contributed by atoms with E-state index < -0.39 is 42.2 Å². The molecular formula is C32H36N4O6. The summed E-state index contributed by atoms with van der Waals surface area (Å²) in [7, 11) is 0. The van der Waals surface area contributed by atoms with Crippen LogP contribution in [-0.2, 0) is 27.3 Å². The van der Waals surface area contributed by atoms with Crippen molar-refractivity contribution in [1.82, 2.24) is 10.6 Å². The maximum Gasteiger partial charge on any atom is 0.408 e. The molecule has 0 saturated heterocycles. The molecule has 3 aromatic rings. The van der Waals surface area contributed by atoms with Crippen LogP contribution in [-0.4, -0.2) is 53.2 Å². The number of nitrogens with two attached hydrogens (primary N) is 1. The number of aryl methyl sites for hydroxylation is 1. The average molecular weight is 573 g/mol. The van der Waals surface area contributed by atoms with Gasteiger partial charge in [0.05, 0.1) is 13.2 Å². The second-order valence-corrected chi connectivity index (χ2v) is 11.1. The molecule has 42 heavy (non-hydrogen) atoms. The number of hydrogen-bond donors (Lipinski definition) is 4. The second-order valence-electron chi connectivity index (χ2n) is 11.1. The molecule has 0 spiro atoms. The third-order valence-corrected chi connectivity index (χ3v) is 6.85. The monoisotopic (exact) mass is 572 g/mol. The first-order valence-electron chi connectivity index (χ1n) is 13.7. The Hall–Kier alpha value is -4.70. The summed E-state index contributed by atoms with van der Waals surface area (Å²) in [4.78, 5) is 52.6. The van der Waals surface area contributed by atoms with Crippen molar-refractivity contribution in [1.29, 1.82) is 0 Å². The Kier molecular flexibility index (Phi) is 9.27. The maximum absolute atomic E-state index is 13.9. The molecule has 10 nitrogen and oxygen atoms in total. The summed E-state index contributed by atoms with van der Waals surface area (Å²) >= 11 is 0. The second kappa shape index (κ2) is 12.9. The van der Waals surface area contributed by atoms with Crippen molar-refractivity contribution < 1.29 is 29.0 Å². The standard InChI is InChI=1S/C32H36N4O6/c1-32(2,3)42-31(41)35-26(19-37)29(39)34-25-17-16-22-8-4-7-11-27(22)36(30(25)40)18-20-12-14-21(15-13-20)23-9-5-6-10-24(23)28(33)38/h4-15,25-26,37H,16-19H2,1-3H3,(H2,33,38)(H,34,39)(H,35,41)/t25-,26-/m1/s1. The lowest BCUT2D eigenvalue weighted by molar-refractivity contribution is -0.129. The number of anilines is 1. The lowest BCUT2D eigenvalue weighted by atomic mass is 9.98. The van der Waals surface area contributed by atoms with Gasteiger partial charge in [-0.25, -0.2) is 4.79 Å². The number of benzene rings is 3. The molecular weight excluding hydrogens is 536 g/mol. The third-order valence-electron chi connectivity index (χ3n) is 6.85. The van der Waals surface area contributed by atoms with Gasteiger partial charge in [-0.1, -0.05) is 60.7 Å². The fourth-order valence-corrected chi connectivity index (χ4v) is 4.85. The van der Waals surface area contributed by atoms with Crippen molar-refractivity contribution in [2.24, 2.45) is 5.73 Å². The number of ether oxygens (including phenoxy) is 1. The zero-order valence-electron chi connectivity index (χ0n) is 23.9. The number of aliphatic hydroxyl groups is 1. The van der Waals surface area contributed by atoms with E-state index in [4.69, 9.17) is 10.5 Å². The van der Waals surface area contributed by atoms with Crippen LogP contribution in [0.25, 0.3) is 11.1 Å². The minimum absolute atomic E-state index is 0.236. The fourth-order valence-electron chi connectivity index (χ4n) is 4.85. The van der Waals surface area contributed by atoms with Crippen molar-refractivity contribution in [2.75, 3.05) is 11.5 Å². The predicted octanol–water partition coefficient (Wildman–Crippen LogP) is 3.30. The van der Waals surface area contributed by atoms with Gasteiger partial charge >= 0.3 is 6.09 Å². The zero-order valence-corrected chi connectivity index (χ0v) is 23.9. The predicted molar refractivity (Wildman–Crippen MR) is 159 cm³/mol. The average Bonchev–Trinajstić information content (AvgIpc) is 3.07. The van der Waals surface area contributed by atoms with Crippen molar-refractivity contribution in [3.63, 3.8) is 0 Å². The summed E-state index contributed by atoms with van der Waals surface area (Å²) < 4.78 is 5.19. The van der Waals surface area contributed by atoms with Crippen LogP contribution in [0.3, 0.4) is 0 Å². The van der Waals surface area contributed by atoms with E-state index in [0.717, 1.165) is 22.4 Å². The van der Waals surface area contributed by atoms with Gasteiger partial charge in [-0.3, -0.25) is 14.4 Å². The van der Waals surface area contributed by atoms with E-state index in [1.54, 1.807) is 37.8 Å². The number of hydrogen-bond acceptors (Lipinski definition) is 6. The molecule has 3 aromatic carbocycles. The Balaban J connectivity index is 1.54. The molecule has 10 heteroatoms. The van der Waals surface area contributed by atoms with E-state index in [0.29, 0.717) is 24.0 Å². The Morgan fingerprint density at radius 2 is 1.69 bits per heavy atom. The van der Waals surface area contributed by atoms with Crippen LogP contribution < -0.4 is 21.3 Å². The van der Waals surface area contributed by atoms with Crippen LogP contribution in [0.5, 0.6) is 0 Å². The lowest BCUT2D eigenvalue weighted by Crippen LogP contribution is -2.55. The molecule has 0 aromatic heterocycles. The number of amides is 4. The Morgan fingerprint density at radius 3 is 2.36 bits per heavy atom. The SMILES string of the molecule is CC(C)(C)OC(=O)N[C@H](CO)C(=O)N[C@@H]1CCc2ccccc2N(Cc2ccc(-c3ccccc3C(N)=O)cc2)C1=O. The zero-order chi connectivity index (χ0) is 30.4. The van der Waals surface area contributed by atoms with E-state index in [-0.39, 0.29) is 12.5 Å². The Morgan fingerprint density at radius 1 is 1.02 bits per heavy atom. The van der Waals surface area contributed by atoms with E-state index in [1.807, 2.05) is 60.7 Å². The first kappa shape index (κ1) is 30.3. The highest BCUT2D eigenvalue weighted by Gasteiger charge is 2.33. The summed E-state index contributed by atoms with van der Waals surface area (Å²) in [6.45, 7) is 4.63. The van der Waals surface area contributed by atoms with Crippen molar-refractivity contribution in [3.05, 3.63) is 89.5 Å². The number of fused-ring (bicyclic) bond motifs is 1. The van der Waals surface area contributed by atoms with Crippen LogP contribution in [0.2, 0.25) is 0 Å². The van der Waals surface area contributed by atoms with Gasteiger partial charge in [0, 0.05) is 11.3 Å². The topological polar surface area (TPSA) is 151 Å². The molecule has 1 aliphatic heterocycles.